The summed E-state index contributed by atoms with van der Waals surface area (Å²) in [7, 11) is 3.80. The molecule has 0 amide bonds. The Bertz CT molecular complexity index is 1280. The van der Waals surface area contributed by atoms with Crippen molar-refractivity contribution in [1.82, 2.24) is 20.2 Å². The van der Waals surface area contributed by atoms with Crippen LogP contribution in [0.15, 0.2) is 42.5 Å². The fraction of sp³-hybridized carbons (Fsp3) is 0.500. The molecule has 1 aromatic heterocycles. The Morgan fingerprint density at radius 3 is 2.61 bits per heavy atom. The number of aromatic nitrogens is 2. The molecule has 8 heteroatoms. The predicted octanol–water partition coefficient (Wildman–Crippen LogP) is 3.99. The SMILES string of the molecule is CN1CCCC1.COc1nc2c(c(N3C[C@H](CC#N)NC[C@@H]3C)n1)CCN(c1cccc3ccccc13)C2. The van der Waals surface area contributed by atoms with Gasteiger partial charge in [-0.1, -0.05) is 36.4 Å². The van der Waals surface area contributed by atoms with Crippen LogP contribution in [0.2, 0.25) is 0 Å². The minimum absolute atomic E-state index is 0.142. The predicted molar refractivity (Wildman–Crippen MR) is 153 cm³/mol. The van der Waals surface area contributed by atoms with Crippen molar-refractivity contribution in [2.24, 2.45) is 0 Å². The van der Waals surface area contributed by atoms with Crippen LogP contribution in [0.4, 0.5) is 11.5 Å². The lowest BCUT2D eigenvalue weighted by atomic mass is 10.0. The van der Waals surface area contributed by atoms with Crippen molar-refractivity contribution in [1.29, 1.82) is 5.26 Å². The van der Waals surface area contributed by atoms with E-state index in [1.54, 1.807) is 7.11 Å². The van der Waals surface area contributed by atoms with E-state index in [1.165, 1.54) is 48.0 Å². The van der Waals surface area contributed by atoms with Gasteiger partial charge in [0.05, 0.1) is 31.8 Å². The quantitative estimate of drug-likeness (QED) is 0.561. The number of hydrogen-bond donors (Lipinski definition) is 1. The van der Waals surface area contributed by atoms with Gasteiger partial charge in [-0.3, -0.25) is 0 Å². The first-order valence-corrected chi connectivity index (χ1v) is 13.8. The molecule has 3 aromatic rings. The normalized spacial score (nSPS) is 21.4. The molecule has 0 bridgehead atoms. The molecule has 8 nitrogen and oxygen atoms in total. The molecule has 38 heavy (non-hydrogen) atoms. The van der Waals surface area contributed by atoms with Crippen LogP contribution in [0.25, 0.3) is 10.8 Å². The Morgan fingerprint density at radius 1 is 1.08 bits per heavy atom. The van der Waals surface area contributed by atoms with Gasteiger partial charge in [-0.25, -0.2) is 0 Å². The summed E-state index contributed by atoms with van der Waals surface area (Å²) in [6.45, 7) is 8.05. The van der Waals surface area contributed by atoms with Crippen LogP contribution in [0.3, 0.4) is 0 Å². The number of hydrogen-bond acceptors (Lipinski definition) is 8. The highest BCUT2D eigenvalue weighted by molar-refractivity contribution is 5.94. The maximum absolute atomic E-state index is 9.17. The maximum atomic E-state index is 9.17. The molecule has 0 unspecified atom stereocenters. The van der Waals surface area contributed by atoms with Crippen LogP contribution >= 0.6 is 0 Å². The maximum Gasteiger partial charge on any atom is 0.318 e. The molecule has 0 radical (unpaired) electrons. The smallest absolute Gasteiger partial charge is 0.318 e. The summed E-state index contributed by atoms with van der Waals surface area (Å²) >= 11 is 0. The van der Waals surface area contributed by atoms with Gasteiger partial charge in [0.15, 0.2) is 0 Å². The van der Waals surface area contributed by atoms with E-state index < -0.39 is 0 Å². The molecule has 6 rings (SSSR count). The zero-order valence-corrected chi connectivity index (χ0v) is 22.9. The zero-order valence-electron chi connectivity index (χ0n) is 22.9. The van der Waals surface area contributed by atoms with Crippen molar-refractivity contribution in [3.8, 4) is 12.1 Å². The number of likely N-dealkylation sites (tertiary alicyclic amines) is 1. The Labute approximate surface area is 226 Å². The topological polar surface area (TPSA) is 80.5 Å². The van der Waals surface area contributed by atoms with Gasteiger partial charge in [-0.15, -0.1) is 0 Å². The van der Waals surface area contributed by atoms with Crippen molar-refractivity contribution in [3.63, 3.8) is 0 Å². The van der Waals surface area contributed by atoms with Gasteiger partial charge in [0.25, 0.3) is 0 Å². The molecule has 4 heterocycles. The van der Waals surface area contributed by atoms with Crippen LogP contribution in [0, 0.1) is 11.3 Å². The summed E-state index contributed by atoms with van der Waals surface area (Å²) in [6, 6.07) is 18.1. The van der Waals surface area contributed by atoms with Gasteiger partial charge in [0.2, 0.25) is 0 Å². The van der Waals surface area contributed by atoms with Crippen LogP contribution < -0.4 is 19.9 Å². The summed E-state index contributed by atoms with van der Waals surface area (Å²) in [5.74, 6) is 0.960. The number of nitrogens with zero attached hydrogens (tertiary/aromatic N) is 6. The third-order valence-corrected chi connectivity index (χ3v) is 7.90. The number of rotatable bonds is 4. The molecule has 0 saturated carbocycles. The van der Waals surface area contributed by atoms with Gasteiger partial charge >= 0.3 is 6.01 Å². The van der Waals surface area contributed by atoms with Gasteiger partial charge in [-0.05, 0) is 57.8 Å². The molecular weight excluding hydrogens is 474 g/mol. The first kappa shape index (κ1) is 26.2. The van der Waals surface area contributed by atoms with Crippen molar-refractivity contribution in [3.05, 3.63) is 53.7 Å². The van der Waals surface area contributed by atoms with Crippen LogP contribution in [-0.2, 0) is 13.0 Å². The lowest BCUT2D eigenvalue weighted by Gasteiger charge is -2.41. The summed E-state index contributed by atoms with van der Waals surface area (Å²) in [5, 5.41) is 15.1. The molecule has 0 spiro atoms. The van der Waals surface area contributed by atoms with E-state index in [0.717, 1.165) is 44.1 Å². The largest absolute Gasteiger partial charge is 0.467 e. The van der Waals surface area contributed by atoms with E-state index in [0.29, 0.717) is 12.4 Å². The molecule has 0 aliphatic carbocycles. The Morgan fingerprint density at radius 2 is 1.87 bits per heavy atom. The van der Waals surface area contributed by atoms with E-state index in [9.17, 15) is 0 Å². The third-order valence-electron chi connectivity index (χ3n) is 7.90. The molecule has 2 aromatic carbocycles. The molecule has 3 aliphatic heterocycles. The molecule has 3 aliphatic rings. The Balaban J connectivity index is 0.000000433. The average Bonchev–Trinajstić information content (AvgIpc) is 3.44. The number of piperazine rings is 1. The lowest BCUT2D eigenvalue weighted by molar-refractivity contribution is 0.370. The summed E-state index contributed by atoms with van der Waals surface area (Å²) < 4.78 is 5.50. The first-order chi connectivity index (χ1) is 18.6. The second-order valence-electron chi connectivity index (χ2n) is 10.6. The minimum atomic E-state index is 0.142. The van der Waals surface area contributed by atoms with Crippen LogP contribution in [0.1, 0.15) is 37.4 Å². The van der Waals surface area contributed by atoms with Gasteiger partial charge in [0.1, 0.15) is 5.82 Å². The van der Waals surface area contributed by atoms with E-state index in [2.05, 4.69) is 82.5 Å². The number of nitriles is 1. The molecule has 1 N–H and O–H groups in total. The van der Waals surface area contributed by atoms with E-state index in [1.807, 2.05) is 0 Å². The molecule has 2 fully saturated rings. The van der Waals surface area contributed by atoms with Gasteiger partial charge < -0.3 is 24.8 Å². The fourth-order valence-corrected chi connectivity index (χ4v) is 5.75. The highest BCUT2D eigenvalue weighted by Crippen LogP contribution is 2.34. The number of benzene rings is 2. The molecule has 2 atom stereocenters. The lowest BCUT2D eigenvalue weighted by Crippen LogP contribution is -2.56. The summed E-state index contributed by atoms with van der Waals surface area (Å²) in [6.07, 6.45) is 4.19. The Hall–Kier alpha value is -3.41. The number of fused-ring (bicyclic) bond motifs is 2. The molecular formula is C30H39N7O. The fourth-order valence-electron chi connectivity index (χ4n) is 5.75. The standard InChI is InChI=1S/C25H28N6O.C5H11N/c1-17-14-27-19(10-12-26)15-31(17)24-21-11-13-30(16-22(21)28-25(29-24)32-2)23-9-5-7-18-6-3-4-8-20(18)23;1-6-4-2-3-5-6/h3-9,17,19,27H,10-11,13-16H2,1-2H3;2-5H2,1H3/t17-,19-;/m0./s1. The van der Waals surface area contributed by atoms with E-state index in [4.69, 9.17) is 20.0 Å². The molecule has 2 saturated heterocycles. The number of anilines is 2. The first-order valence-electron chi connectivity index (χ1n) is 13.8. The second kappa shape index (κ2) is 12.0. The van der Waals surface area contributed by atoms with Crippen LogP contribution in [-0.4, -0.2) is 73.8 Å². The van der Waals surface area contributed by atoms with Crippen molar-refractivity contribution in [2.45, 2.75) is 51.2 Å². The van der Waals surface area contributed by atoms with Gasteiger partial charge in [0, 0.05) is 48.4 Å². The number of methoxy groups -OCH3 is 1. The zero-order chi connectivity index (χ0) is 26.5. The van der Waals surface area contributed by atoms with Crippen LogP contribution in [0.5, 0.6) is 6.01 Å². The minimum Gasteiger partial charge on any atom is -0.467 e. The van der Waals surface area contributed by atoms with E-state index >= 15 is 0 Å². The third kappa shape index (κ3) is 5.69. The second-order valence-corrected chi connectivity index (χ2v) is 10.6. The molecule has 200 valence electrons. The highest BCUT2D eigenvalue weighted by atomic mass is 16.5. The van der Waals surface area contributed by atoms with Crippen molar-refractivity contribution >= 4 is 22.3 Å². The van der Waals surface area contributed by atoms with E-state index in [-0.39, 0.29) is 12.1 Å². The van der Waals surface area contributed by atoms with Crippen molar-refractivity contribution in [2.75, 3.05) is 56.7 Å². The summed E-state index contributed by atoms with van der Waals surface area (Å²) in [5.41, 5.74) is 3.46. The number of ether oxygens (including phenoxy) is 1. The highest BCUT2D eigenvalue weighted by Gasteiger charge is 2.31. The average molecular weight is 514 g/mol. The monoisotopic (exact) mass is 513 g/mol. The van der Waals surface area contributed by atoms with Crippen molar-refractivity contribution < 1.29 is 4.74 Å². The number of nitrogens with one attached hydrogen (secondary N) is 1. The van der Waals surface area contributed by atoms with Gasteiger partial charge in [-0.2, -0.15) is 15.2 Å². The Kier molecular flexibility index (Phi) is 8.26. The summed E-state index contributed by atoms with van der Waals surface area (Å²) in [4.78, 5) is 16.6.